The van der Waals surface area contributed by atoms with Gasteiger partial charge in [-0.2, -0.15) is 13.2 Å². The van der Waals surface area contributed by atoms with Crippen LogP contribution in [-0.2, 0) is 20.4 Å². The lowest BCUT2D eigenvalue weighted by molar-refractivity contribution is -0.143. The quantitative estimate of drug-likeness (QED) is 0.653. The number of likely N-dealkylation sites (tertiary alicyclic amines) is 1. The van der Waals surface area contributed by atoms with E-state index in [9.17, 15) is 18.0 Å². The van der Waals surface area contributed by atoms with Crippen molar-refractivity contribution in [2.45, 2.75) is 81.9 Å². The fourth-order valence-corrected chi connectivity index (χ4v) is 6.63. The Morgan fingerprint density at radius 2 is 2.14 bits per heavy atom. The zero-order chi connectivity index (χ0) is 24.8. The fraction of sp³-hybridized carbons (Fsp3) is 0.760. The number of hydrogen-bond donors (Lipinski definition) is 1. The Hall–Kier alpha value is -1.91. The molecule has 1 amide bonds. The van der Waals surface area contributed by atoms with E-state index in [1.54, 1.807) is 7.11 Å². The van der Waals surface area contributed by atoms with Crippen molar-refractivity contribution in [1.29, 1.82) is 0 Å². The van der Waals surface area contributed by atoms with Crippen LogP contribution in [0.3, 0.4) is 0 Å². The molecule has 7 nitrogen and oxygen atoms in total. The summed E-state index contributed by atoms with van der Waals surface area (Å²) in [4.78, 5) is 22.0. The lowest BCUT2D eigenvalue weighted by Crippen LogP contribution is -2.54. The van der Waals surface area contributed by atoms with Crippen molar-refractivity contribution < 1.29 is 27.4 Å². The minimum atomic E-state index is -4.40. The highest BCUT2D eigenvalue weighted by Crippen LogP contribution is 2.46. The highest BCUT2D eigenvalue weighted by atomic mass is 19.4. The fourth-order valence-electron chi connectivity index (χ4n) is 6.63. The number of carbonyl (C=O) groups is 1. The lowest BCUT2D eigenvalue weighted by Gasteiger charge is -2.40. The van der Waals surface area contributed by atoms with E-state index in [4.69, 9.17) is 9.47 Å². The summed E-state index contributed by atoms with van der Waals surface area (Å²) in [5, 5.41) is 3.75. The van der Waals surface area contributed by atoms with Gasteiger partial charge in [0.2, 0.25) is 5.91 Å². The zero-order valence-corrected chi connectivity index (χ0v) is 20.4. The zero-order valence-electron chi connectivity index (χ0n) is 20.4. The van der Waals surface area contributed by atoms with Crippen molar-refractivity contribution in [1.82, 2.24) is 15.2 Å². The van der Waals surface area contributed by atoms with Crippen molar-refractivity contribution in [3.63, 3.8) is 0 Å². The van der Waals surface area contributed by atoms with Crippen LogP contribution in [0, 0.1) is 5.41 Å². The van der Waals surface area contributed by atoms with Crippen molar-refractivity contribution in [3.05, 3.63) is 23.9 Å². The summed E-state index contributed by atoms with van der Waals surface area (Å²) in [7, 11) is 1.71. The van der Waals surface area contributed by atoms with E-state index in [1.165, 1.54) is 6.20 Å². The van der Waals surface area contributed by atoms with Gasteiger partial charge in [-0.1, -0.05) is 6.92 Å². The summed E-state index contributed by atoms with van der Waals surface area (Å²) < 4.78 is 50.6. The second-order valence-electron chi connectivity index (χ2n) is 10.5. The van der Waals surface area contributed by atoms with Crippen LogP contribution in [0.2, 0.25) is 0 Å². The van der Waals surface area contributed by atoms with Crippen LogP contribution in [0.5, 0.6) is 0 Å². The van der Waals surface area contributed by atoms with Gasteiger partial charge < -0.3 is 24.6 Å². The normalized spacial score (nSPS) is 35.2. The Balaban J connectivity index is 1.23. The maximum atomic E-state index is 13.8. The second-order valence-corrected chi connectivity index (χ2v) is 10.5. The minimum Gasteiger partial charge on any atom is -0.379 e. The third-order valence-electron chi connectivity index (χ3n) is 8.66. The number of carbonyl (C=O) groups excluding carboxylic acids is 1. The summed E-state index contributed by atoms with van der Waals surface area (Å²) in [6, 6.07) is 2.65. The van der Waals surface area contributed by atoms with Crippen LogP contribution in [0.1, 0.15) is 51.0 Å². The minimum absolute atomic E-state index is 0.00821. The first-order valence-electron chi connectivity index (χ1n) is 12.7. The molecular weight excluding hydrogens is 461 g/mol. The van der Waals surface area contributed by atoms with Crippen LogP contribution < -0.4 is 10.2 Å². The van der Waals surface area contributed by atoms with E-state index in [0.29, 0.717) is 25.5 Å². The molecule has 1 N–H and O–H groups in total. The molecule has 0 unspecified atom stereocenters. The summed E-state index contributed by atoms with van der Waals surface area (Å²) in [5.41, 5.74) is -1.07. The highest BCUT2D eigenvalue weighted by Gasteiger charge is 2.53. The highest BCUT2D eigenvalue weighted by molar-refractivity contribution is 5.84. The SMILES string of the molecule is CC[C@]1(C(=O)N2C[C@H]3C[C@H]2CN3c2cc(C(F)(F)F)ccn2)CC[C@@H](N[C@H]2CCOC[C@H]2OC)C1. The van der Waals surface area contributed by atoms with E-state index in [-0.39, 0.29) is 41.6 Å². The smallest absolute Gasteiger partial charge is 0.379 e. The molecule has 1 aromatic rings. The third kappa shape index (κ3) is 4.64. The number of aromatic nitrogens is 1. The van der Waals surface area contributed by atoms with Gasteiger partial charge in [-0.25, -0.2) is 4.98 Å². The number of halogens is 3. The molecule has 1 aliphatic carbocycles. The topological polar surface area (TPSA) is 66.9 Å². The van der Waals surface area contributed by atoms with Gasteiger partial charge in [0.1, 0.15) is 5.82 Å². The summed E-state index contributed by atoms with van der Waals surface area (Å²) >= 11 is 0. The van der Waals surface area contributed by atoms with Crippen LogP contribution in [0.25, 0.3) is 0 Å². The third-order valence-corrected chi connectivity index (χ3v) is 8.66. The van der Waals surface area contributed by atoms with E-state index in [1.807, 2.05) is 9.80 Å². The number of anilines is 1. The van der Waals surface area contributed by atoms with Gasteiger partial charge in [0.15, 0.2) is 0 Å². The summed E-state index contributed by atoms with van der Waals surface area (Å²) in [6.07, 6.45) is 1.94. The van der Waals surface area contributed by atoms with Gasteiger partial charge in [0.25, 0.3) is 0 Å². The number of hydrogen-bond acceptors (Lipinski definition) is 6. The molecule has 10 heteroatoms. The van der Waals surface area contributed by atoms with E-state index < -0.39 is 11.7 Å². The van der Waals surface area contributed by atoms with Crippen molar-refractivity contribution >= 4 is 11.7 Å². The molecular formula is C25H35F3N4O3. The van der Waals surface area contributed by atoms with Crippen LogP contribution in [-0.4, -0.2) is 79.5 Å². The van der Waals surface area contributed by atoms with Gasteiger partial charge in [0.05, 0.1) is 35.8 Å². The van der Waals surface area contributed by atoms with Gasteiger partial charge in [-0.3, -0.25) is 4.79 Å². The first kappa shape index (κ1) is 24.8. The van der Waals surface area contributed by atoms with Crippen LogP contribution in [0.4, 0.5) is 19.0 Å². The maximum Gasteiger partial charge on any atom is 0.416 e. The number of fused-ring (bicyclic) bond motifs is 2. The molecule has 3 aliphatic heterocycles. The van der Waals surface area contributed by atoms with Gasteiger partial charge in [-0.15, -0.1) is 0 Å². The number of methoxy groups -OCH3 is 1. The molecule has 0 aromatic carbocycles. The molecule has 2 bridgehead atoms. The molecule has 194 valence electrons. The van der Waals surface area contributed by atoms with E-state index in [0.717, 1.165) is 57.3 Å². The number of amides is 1. The first-order chi connectivity index (χ1) is 16.7. The monoisotopic (exact) mass is 496 g/mol. The van der Waals surface area contributed by atoms with Gasteiger partial charge in [-0.05, 0) is 50.7 Å². The average Bonchev–Trinajstić information content (AvgIpc) is 3.58. The largest absolute Gasteiger partial charge is 0.416 e. The molecule has 6 atom stereocenters. The second kappa shape index (κ2) is 9.52. The Bertz CT molecular complexity index is 931. The molecule has 35 heavy (non-hydrogen) atoms. The molecule has 0 spiro atoms. The summed E-state index contributed by atoms with van der Waals surface area (Å²) in [6.45, 7) is 4.49. The van der Waals surface area contributed by atoms with Crippen molar-refractivity contribution in [3.8, 4) is 0 Å². The maximum absolute atomic E-state index is 13.8. The average molecular weight is 497 g/mol. The number of alkyl halides is 3. The number of pyridine rings is 1. The van der Waals surface area contributed by atoms with Gasteiger partial charge >= 0.3 is 6.18 Å². The molecule has 4 aliphatic rings. The number of nitrogens with zero attached hydrogens (tertiary/aromatic N) is 3. The number of rotatable bonds is 6. The van der Waals surface area contributed by atoms with Crippen LogP contribution >= 0.6 is 0 Å². The molecule has 4 fully saturated rings. The molecule has 0 radical (unpaired) electrons. The van der Waals surface area contributed by atoms with Crippen LogP contribution in [0.15, 0.2) is 18.3 Å². The Morgan fingerprint density at radius 3 is 2.83 bits per heavy atom. The Morgan fingerprint density at radius 1 is 1.31 bits per heavy atom. The van der Waals surface area contributed by atoms with E-state index in [2.05, 4.69) is 17.2 Å². The number of ether oxygens (including phenoxy) is 2. The molecule has 3 saturated heterocycles. The van der Waals surface area contributed by atoms with E-state index >= 15 is 0 Å². The molecule has 4 heterocycles. The molecule has 1 saturated carbocycles. The first-order valence-corrected chi connectivity index (χ1v) is 12.7. The van der Waals surface area contributed by atoms with Crippen molar-refractivity contribution in [2.24, 2.45) is 5.41 Å². The standard InChI is InChI=1S/C25H35F3N4O3/c1-3-24(7-4-17(12-24)30-20-6-9-35-15-21(20)34-2)23(33)32-14-18-11-19(32)13-31(18)22-10-16(5-8-29-22)25(26,27)28/h5,8,10,17-21,30H,3-4,6-7,9,11-15H2,1-2H3/t17-,18-,19+,20+,21-,24+/m1/s1. The molecule has 1 aromatic heterocycles. The molecule has 5 rings (SSSR count). The predicted molar refractivity (Wildman–Crippen MR) is 124 cm³/mol. The number of piperazine rings is 1. The van der Waals surface area contributed by atoms with Gasteiger partial charge in [0, 0.05) is 45.1 Å². The Kier molecular flexibility index (Phi) is 6.74. The van der Waals surface area contributed by atoms with Crippen molar-refractivity contribution in [2.75, 3.05) is 38.3 Å². The predicted octanol–water partition coefficient (Wildman–Crippen LogP) is 3.23. The summed E-state index contributed by atoms with van der Waals surface area (Å²) in [5.74, 6) is 0.558. The Labute approximate surface area is 204 Å². The number of nitrogens with one attached hydrogen (secondary N) is 1. The lowest BCUT2D eigenvalue weighted by atomic mass is 9.81.